The molecule has 2 rings (SSSR count). The fraction of sp³-hybridized carbons (Fsp3) is 0.250. The number of sulfonamides is 1. The SMILES string of the molecule is C[C@H](CCc1ccccc1)NS(=O)(=O)c1ccccc1Cl. The first-order valence-electron chi connectivity index (χ1n) is 6.80. The number of hydrogen-bond donors (Lipinski definition) is 1. The first kappa shape index (κ1) is 16.0. The second kappa shape index (κ2) is 7.07. The van der Waals surface area contributed by atoms with Gasteiger partial charge in [0.15, 0.2) is 0 Å². The summed E-state index contributed by atoms with van der Waals surface area (Å²) in [4.78, 5) is 0.123. The summed E-state index contributed by atoms with van der Waals surface area (Å²) in [5.74, 6) is 0. The van der Waals surface area contributed by atoms with Crippen LogP contribution in [0.15, 0.2) is 59.5 Å². The molecule has 2 aromatic rings. The van der Waals surface area contributed by atoms with Crippen LogP contribution in [0.1, 0.15) is 18.9 Å². The average molecular weight is 324 g/mol. The van der Waals surface area contributed by atoms with Crippen molar-refractivity contribution in [3.63, 3.8) is 0 Å². The highest BCUT2D eigenvalue weighted by Gasteiger charge is 2.19. The fourth-order valence-corrected chi connectivity index (χ4v) is 3.88. The van der Waals surface area contributed by atoms with E-state index in [4.69, 9.17) is 11.6 Å². The van der Waals surface area contributed by atoms with E-state index in [1.165, 1.54) is 11.6 Å². The zero-order valence-corrected chi connectivity index (χ0v) is 13.4. The van der Waals surface area contributed by atoms with Crippen LogP contribution in [0.5, 0.6) is 0 Å². The molecule has 0 unspecified atom stereocenters. The summed E-state index contributed by atoms with van der Waals surface area (Å²) in [5.41, 5.74) is 1.20. The normalized spacial score (nSPS) is 13.0. The van der Waals surface area contributed by atoms with Crippen molar-refractivity contribution in [3.8, 4) is 0 Å². The lowest BCUT2D eigenvalue weighted by Gasteiger charge is -2.15. The number of hydrogen-bond acceptors (Lipinski definition) is 2. The van der Waals surface area contributed by atoms with Crippen molar-refractivity contribution in [2.75, 3.05) is 0 Å². The van der Waals surface area contributed by atoms with Crippen molar-refractivity contribution in [1.82, 2.24) is 4.72 Å². The zero-order valence-electron chi connectivity index (χ0n) is 11.8. The van der Waals surface area contributed by atoms with Crippen LogP contribution in [0.2, 0.25) is 5.02 Å². The maximum Gasteiger partial charge on any atom is 0.242 e. The van der Waals surface area contributed by atoms with Crippen LogP contribution < -0.4 is 4.72 Å². The van der Waals surface area contributed by atoms with Crippen molar-refractivity contribution in [2.24, 2.45) is 0 Å². The Morgan fingerprint density at radius 2 is 1.67 bits per heavy atom. The predicted molar refractivity (Wildman–Crippen MR) is 86.0 cm³/mol. The van der Waals surface area contributed by atoms with Crippen LogP contribution in [0.3, 0.4) is 0 Å². The minimum absolute atomic E-state index is 0.123. The fourth-order valence-electron chi connectivity index (χ4n) is 2.08. The minimum atomic E-state index is -3.58. The summed E-state index contributed by atoms with van der Waals surface area (Å²) in [6.45, 7) is 1.86. The van der Waals surface area contributed by atoms with Crippen LogP contribution >= 0.6 is 11.6 Å². The maximum atomic E-state index is 12.3. The van der Waals surface area contributed by atoms with Crippen LogP contribution in [0, 0.1) is 0 Å². The van der Waals surface area contributed by atoms with Gasteiger partial charge in [-0.15, -0.1) is 0 Å². The summed E-state index contributed by atoms with van der Waals surface area (Å²) >= 11 is 5.95. The molecule has 2 aromatic carbocycles. The average Bonchev–Trinajstić information content (AvgIpc) is 2.46. The Hall–Kier alpha value is -1.36. The molecule has 0 amide bonds. The smallest absolute Gasteiger partial charge is 0.208 e. The standard InChI is InChI=1S/C16H18ClNO2S/c1-13(11-12-14-7-3-2-4-8-14)18-21(19,20)16-10-6-5-9-15(16)17/h2-10,13,18H,11-12H2,1H3/t13-/m1/s1. The second-order valence-electron chi connectivity index (χ2n) is 4.98. The molecule has 0 aliphatic rings. The first-order chi connectivity index (χ1) is 9.99. The van der Waals surface area contributed by atoms with Crippen LogP contribution in [0.25, 0.3) is 0 Å². The van der Waals surface area contributed by atoms with Gasteiger partial charge in [0, 0.05) is 6.04 Å². The van der Waals surface area contributed by atoms with Crippen molar-refractivity contribution < 1.29 is 8.42 Å². The highest BCUT2D eigenvalue weighted by Crippen LogP contribution is 2.20. The van der Waals surface area contributed by atoms with E-state index < -0.39 is 10.0 Å². The Morgan fingerprint density at radius 1 is 1.05 bits per heavy atom. The summed E-state index contributed by atoms with van der Waals surface area (Å²) in [5, 5.41) is 0.236. The van der Waals surface area contributed by atoms with Crippen molar-refractivity contribution in [3.05, 3.63) is 65.2 Å². The number of rotatable bonds is 6. The van der Waals surface area contributed by atoms with Gasteiger partial charge in [0.25, 0.3) is 0 Å². The molecule has 0 heterocycles. The molecule has 0 radical (unpaired) electrons. The Kier molecular flexibility index (Phi) is 5.39. The van der Waals surface area contributed by atoms with E-state index in [1.54, 1.807) is 18.2 Å². The lowest BCUT2D eigenvalue weighted by atomic mass is 10.1. The molecule has 3 nitrogen and oxygen atoms in total. The minimum Gasteiger partial charge on any atom is -0.208 e. The maximum absolute atomic E-state index is 12.3. The molecule has 0 fully saturated rings. The van der Waals surface area contributed by atoms with Crippen molar-refractivity contribution in [2.45, 2.75) is 30.7 Å². The molecule has 0 spiro atoms. The molecule has 5 heteroatoms. The summed E-state index contributed by atoms with van der Waals surface area (Å²) in [7, 11) is -3.58. The number of aryl methyl sites for hydroxylation is 1. The summed E-state index contributed by atoms with van der Waals surface area (Å²) in [6, 6.07) is 16.3. The third kappa shape index (κ3) is 4.56. The lowest BCUT2D eigenvalue weighted by molar-refractivity contribution is 0.547. The van der Waals surface area contributed by atoms with E-state index in [9.17, 15) is 8.42 Å². The number of nitrogens with one attached hydrogen (secondary N) is 1. The van der Waals surface area contributed by atoms with E-state index in [-0.39, 0.29) is 16.0 Å². The number of benzene rings is 2. The largest absolute Gasteiger partial charge is 0.242 e. The Balaban J connectivity index is 1.99. The molecule has 0 saturated carbocycles. The molecule has 0 aliphatic heterocycles. The lowest BCUT2D eigenvalue weighted by Crippen LogP contribution is -2.33. The monoisotopic (exact) mass is 323 g/mol. The zero-order chi connectivity index (χ0) is 15.3. The van der Waals surface area contributed by atoms with Gasteiger partial charge in [-0.2, -0.15) is 0 Å². The second-order valence-corrected chi connectivity index (χ2v) is 7.07. The molecular formula is C16H18ClNO2S. The highest BCUT2D eigenvalue weighted by molar-refractivity contribution is 7.89. The van der Waals surface area contributed by atoms with Gasteiger partial charge in [-0.1, -0.05) is 54.1 Å². The third-order valence-corrected chi connectivity index (χ3v) is 5.28. The topological polar surface area (TPSA) is 46.2 Å². The Bertz CT molecular complexity index is 686. The molecule has 1 atom stereocenters. The van der Waals surface area contributed by atoms with Gasteiger partial charge in [0.2, 0.25) is 10.0 Å². The van der Waals surface area contributed by atoms with Gasteiger partial charge in [0.1, 0.15) is 4.90 Å². The van der Waals surface area contributed by atoms with Gasteiger partial charge in [-0.25, -0.2) is 13.1 Å². The van der Waals surface area contributed by atoms with Gasteiger partial charge >= 0.3 is 0 Å². The summed E-state index contributed by atoms with van der Waals surface area (Å²) in [6.07, 6.45) is 1.56. The van der Waals surface area contributed by atoms with E-state index in [0.717, 1.165) is 12.8 Å². The Labute approximate surface area is 131 Å². The van der Waals surface area contributed by atoms with E-state index in [2.05, 4.69) is 4.72 Å². The van der Waals surface area contributed by atoms with Gasteiger partial charge < -0.3 is 0 Å². The van der Waals surface area contributed by atoms with Crippen molar-refractivity contribution >= 4 is 21.6 Å². The molecule has 1 N–H and O–H groups in total. The Morgan fingerprint density at radius 3 is 2.33 bits per heavy atom. The summed E-state index contributed by atoms with van der Waals surface area (Å²) < 4.78 is 27.2. The third-order valence-electron chi connectivity index (χ3n) is 3.19. The first-order valence-corrected chi connectivity index (χ1v) is 8.66. The van der Waals surface area contributed by atoms with E-state index in [1.807, 2.05) is 37.3 Å². The quantitative estimate of drug-likeness (QED) is 0.882. The molecule has 112 valence electrons. The molecule has 0 aromatic heterocycles. The molecule has 0 saturated heterocycles. The van der Waals surface area contributed by atoms with Gasteiger partial charge in [0.05, 0.1) is 5.02 Å². The van der Waals surface area contributed by atoms with E-state index >= 15 is 0 Å². The predicted octanol–water partition coefficient (Wildman–Crippen LogP) is 3.64. The van der Waals surface area contributed by atoms with Crippen LogP contribution in [-0.4, -0.2) is 14.5 Å². The molecule has 0 aliphatic carbocycles. The van der Waals surface area contributed by atoms with Gasteiger partial charge in [-0.05, 0) is 37.5 Å². The molecule has 0 bridgehead atoms. The number of halogens is 1. The molecule has 21 heavy (non-hydrogen) atoms. The van der Waals surface area contributed by atoms with Crippen molar-refractivity contribution in [1.29, 1.82) is 0 Å². The van der Waals surface area contributed by atoms with Crippen LogP contribution in [-0.2, 0) is 16.4 Å². The van der Waals surface area contributed by atoms with E-state index in [0.29, 0.717) is 0 Å². The molecular weight excluding hydrogens is 306 g/mol. The van der Waals surface area contributed by atoms with Gasteiger partial charge in [-0.3, -0.25) is 0 Å². The highest BCUT2D eigenvalue weighted by atomic mass is 35.5. The van der Waals surface area contributed by atoms with Crippen LogP contribution in [0.4, 0.5) is 0 Å².